The zero-order valence-electron chi connectivity index (χ0n) is 18.9. The van der Waals surface area contributed by atoms with E-state index in [9.17, 15) is 4.79 Å². The lowest BCUT2D eigenvalue weighted by atomic mass is 10.2. The van der Waals surface area contributed by atoms with E-state index in [0.29, 0.717) is 27.8 Å². The number of benzene rings is 2. The van der Waals surface area contributed by atoms with E-state index in [-0.39, 0.29) is 5.56 Å². The van der Waals surface area contributed by atoms with Crippen LogP contribution in [-0.4, -0.2) is 34.3 Å². The predicted octanol–water partition coefficient (Wildman–Crippen LogP) is 4.25. The second-order valence-corrected chi connectivity index (χ2v) is 9.05. The molecule has 4 aromatic rings. The van der Waals surface area contributed by atoms with Crippen molar-refractivity contribution >= 4 is 28.1 Å². The number of hydrogen-bond acceptors (Lipinski definition) is 6. The molecule has 166 valence electrons. The van der Waals surface area contributed by atoms with Crippen LogP contribution in [0.1, 0.15) is 33.3 Å². The van der Waals surface area contributed by atoms with Crippen LogP contribution in [0.5, 0.6) is 5.75 Å². The number of rotatable bonds is 8. The Balaban J connectivity index is 1.57. The molecule has 6 nitrogen and oxygen atoms in total. The van der Waals surface area contributed by atoms with Gasteiger partial charge >= 0.3 is 0 Å². The minimum atomic E-state index is -0.145. The lowest BCUT2D eigenvalue weighted by Gasteiger charge is -2.20. The van der Waals surface area contributed by atoms with E-state index < -0.39 is 0 Å². The van der Waals surface area contributed by atoms with Gasteiger partial charge in [0, 0.05) is 24.3 Å². The van der Waals surface area contributed by atoms with Gasteiger partial charge in [0.15, 0.2) is 5.82 Å². The highest BCUT2D eigenvalue weighted by Gasteiger charge is 2.12. The first-order chi connectivity index (χ1) is 15.5. The summed E-state index contributed by atoms with van der Waals surface area (Å²) in [5.41, 5.74) is 2.88. The molecule has 0 spiro atoms. The molecule has 0 aliphatic rings. The van der Waals surface area contributed by atoms with E-state index >= 15 is 0 Å². The van der Waals surface area contributed by atoms with E-state index in [1.165, 1.54) is 21.5 Å². The largest absolute Gasteiger partial charge is 0.493 e. The molecule has 0 atom stereocenters. The number of nitrogens with zero attached hydrogens (tertiary/aromatic N) is 4. The Hall–Kier alpha value is -3.19. The molecular weight excluding hydrogens is 420 g/mol. The second kappa shape index (κ2) is 9.53. The van der Waals surface area contributed by atoms with E-state index in [0.717, 1.165) is 30.0 Å². The maximum Gasteiger partial charge on any atom is 0.291 e. The molecule has 7 heteroatoms. The van der Waals surface area contributed by atoms with Gasteiger partial charge in [0.05, 0.1) is 11.1 Å². The topological polar surface area (TPSA) is 59.7 Å². The van der Waals surface area contributed by atoms with Crippen molar-refractivity contribution in [2.24, 2.45) is 5.92 Å². The highest BCUT2D eigenvalue weighted by molar-refractivity contribution is 7.15. The third-order valence-corrected chi connectivity index (χ3v) is 6.16. The number of anilines is 1. The number of fused-ring (bicyclic) bond motifs is 1. The zero-order chi connectivity index (χ0) is 22.7. The Bertz CT molecular complexity index is 1290. The van der Waals surface area contributed by atoms with Crippen molar-refractivity contribution in [2.45, 2.75) is 27.7 Å². The Labute approximate surface area is 191 Å². The normalized spacial score (nSPS) is 12.1. The second-order valence-electron chi connectivity index (χ2n) is 8.04. The fourth-order valence-corrected chi connectivity index (χ4v) is 4.35. The lowest BCUT2D eigenvalue weighted by molar-refractivity contribution is 0.271. The molecule has 0 N–H and O–H groups in total. The molecule has 2 heterocycles. The standard InChI is InChI=1S/C25H28N4O2S/c1-5-28(6-2)20-11-7-18(8-12-20)15-22-24(30)29-25(32-22)26-23(27-29)19-9-13-21(14-10-19)31-16-17(3)4/h7-15,17H,5-6,16H2,1-4H3. The summed E-state index contributed by atoms with van der Waals surface area (Å²) in [6, 6.07) is 15.9. The van der Waals surface area contributed by atoms with Gasteiger partial charge in [-0.2, -0.15) is 9.50 Å². The van der Waals surface area contributed by atoms with Gasteiger partial charge < -0.3 is 9.64 Å². The Morgan fingerprint density at radius 2 is 1.75 bits per heavy atom. The van der Waals surface area contributed by atoms with E-state index in [1.54, 1.807) is 0 Å². The number of thiazole rings is 1. The van der Waals surface area contributed by atoms with Crippen LogP contribution in [0.25, 0.3) is 22.4 Å². The minimum absolute atomic E-state index is 0.145. The molecule has 0 aliphatic heterocycles. The van der Waals surface area contributed by atoms with E-state index in [2.05, 4.69) is 54.8 Å². The Kier molecular flexibility index (Phi) is 6.55. The molecule has 2 aromatic heterocycles. The summed E-state index contributed by atoms with van der Waals surface area (Å²) in [5.74, 6) is 1.83. The van der Waals surface area contributed by atoms with Crippen molar-refractivity contribution in [2.75, 3.05) is 24.6 Å². The van der Waals surface area contributed by atoms with Crippen LogP contribution < -0.4 is 19.7 Å². The van der Waals surface area contributed by atoms with Crippen LogP contribution >= 0.6 is 11.3 Å². The van der Waals surface area contributed by atoms with Gasteiger partial charge in [-0.15, -0.1) is 5.10 Å². The van der Waals surface area contributed by atoms with E-state index in [1.807, 2.05) is 42.5 Å². The molecule has 0 bridgehead atoms. The van der Waals surface area contributed by atoms with Gasteiger partial charge in [-0.3, -0.25) is 4.79 Å². The van der Waals surface area contributed by atoms with E-state index in [4.69, 9.17) is 4.74 Å². The average molecular weight is 449 g/mol. The van der Waals surface area contributed by atoms with Gasteiger partial charge in [0.2, 0.25) is 4.96 Å². The summed E-state index contributed by atoms with van der Waals surface area (Å²) in [6.45, 7) is 11.1. The highest BCUT2D eigenvalue weighted by Crippen LogP contribution is 2.21. The molecular formula is C25H28N4O2S. The van der Waals surface area contributed by atoms with Gasteiger partial charge in [-0.25, -0.2) is 0 Å². The van der Waals surface area contributed by atoms with Crippen molar-refractivity contribution in [3.8, 4) is 17.1 Å². The summed E-state index contributed by atoms with van der Waals surface area (Å²) >= 11 is 1.35. The van der Waals surface area contributed by atoms with Crippen molar-refractivity contribution in [3.05, 3.63) is 69.0 Å². The lowest BCUT2D eigenvalue weighted by Crippen LogP contribution is -2.23. The molecule has 32 heavy (non-hydrogen) atoms. The maximum absolute atomic E-state index is 12.9. The monoisotopic (exact) mass is 448 g/mol. The van der Waals surface area contributed by atoms with Crippen LogP contribution in [0, 0.1) is 5.92 Å². The molecule has 0 amide bonds. The first kappa shape index (κ1) is 22.0. The molecule has 0 aliphatic carbocycles. The molecule has 0 fully saturated rings. The molecule has 0 radical (unpaired) electrons. The number of aromatic nitrogens is 3. The maximum atomic E-state index is 12.9. The van der Waals surface area contributed by atoms with Crippen molar-refractivity contribution in [3.63, 3.8) is 0 Å². The van der Waals surface area contributed by atoms with Crippen LogP contribution in [0.15, 0.2) is 53.3 Å². The van der Waals surface area contributed by atoms with Crippen LogP contribution in [-0.2, 0) is 0 Å². The molecule has 0 saturated heterocycles. The summed E-state index contributed by atoms with van der Waals surface area (Å²) in [4.78, 5) is 20.3. The van der Waals surface area contributed by atoms with Gasteiger partial charge in [0.25, 0.3) is 5.56 Å². The van der Waals surface area contributed by atoms with Gasteiger partial charge in [-0.1, -0.05) is 37.3 Å². The molecule has 0 unspecified atom stereocenters. The smallest absolute Gasteiger partial charge is 0.291 e. The number of hydrogen-bond donors (Lipinski definition) is 0. The highest BCUT2D eigenvalue weighted by atomic mass is 32.1. The van der Waals surface area contributed by atoms with Gasteiger partial charge in [-0.05, 0) is 67.8 Å². The Morgan fingerprint density at radius 3 is 2.34 bits per heavy atom. The van der Waals surface area contributed by atoms with Crippen molar-refractivity contribution in [1.29, 1.82) is 0 Å². The SMILES string of the molecule is CCN(CC)c1ccc(C=c2sc3nc(-c4ccc(OCC(C)C)cc4)nn3c2=O)cc1. The molecule has 2 aromatic carbocycles. The molecule has 0 saturated carbocycles. The summed E-state index contributed by atoms with van der Waals surface area (Å²) < 4.78 is 7.74. The molecule has 4 rings (SSSR count). The predicted molar refractivity (Wildman–Crippen MR) is 132 cm³/mol. The number of ether oxygens (including phenoxy) is 1. The Morgan fingerprint density at radius 1 is 1.06 bits per heavy atom. The fourth-order valence-electron chi connectivity index (χ4n) is 3.44. The first-order valence-corrected chi connectivity index (χ1v) is 11.8. The van der Waals surface area contributed by atoms with Crippen LogP contribution in [0.4, 0.5) is 5.69 Å². The average Bonchev–Trinajstić information content (AvgIpc) is 3.34. The quantitative estimate of drug-likeness (QED) is 0.403. The van der Waals surface area contributed by atoms with Crippen molar-refractivity contribution in [1.82, 2.24) is 14.6 Å². The van der Waals surface area contributed by atoms with Crippen LogP contribution in [0.2, 0.25) is 0 Å². The van der Waals surface area contributed by atoms with Gasteiger partial charge in [0.1, 0.15) is 5.75 Å². The first-order valence-electron chi connectivity index (χ1n) is 11.0. The third-order valence-electron chi connectivity index (χ3n) is 5.20. The zero-order valence-corrected chi connectivity index (χ0v) is 19.7. The third kappa shape index (κ3) is 4.67. The summed E-state index contributed by atoms with van der Waals surface area (Å²) in [5, 5.41) is 4.44. The van der Waals surface area contributed by atoms with Crippen molar-refractivity contribution < 1.29 is 4.74 Å². The minimum Gasteiger partial charge on any atom is -0.493 e. The summed E-state index contributed by atoms with van der Waals surface area (Å²) in [7, 11) is 0. The summed E-state index contributed by atoms with van der Waals surface area (Å²) in [6.07, 6.45) is 1.90. The fraction of sp³-hybridized carbons (Fsp3) is 0.320. The van der Waals surface area contributed by atoms with Crippen LogP contribution in [0.3, 0.4) is 0 Å².